The highest BCUT2D eigenvalue weighted by molar-refractivity contribution is 7.11. The Morgan fingerprint density at radius 3 is 2.65 bits per heavy atom. The summed E-state index contributed by atoms with van der Waals surface area (Å²) in [5, 5.41) is 18.3. The van der Waals surface area contributed by atoms with Crippen molar-refractivity contribution in [1.29, 1.82) is 5.26 Å². The Morgan fingerprint density at radius 2 is 1.91 bits per heavy atom. The van der Waals surface area contributed by atoms with E-state index in [1.54, 1.807) is 0 Å². The summed E-state index contributed by atoms with van der Waals surface area (Å²) in [5.41, 5.74) is 4.43. The van der Waals surface area contributed by atoms with E-state index in [0.29, 0.717) is 12.3 Å². The summed E-state index contributed by atoms with van der Waals surface area (Å²) < 4.78 is 4.59. The zero-order valence-electron chi connectivity index (χ0n) is 20.2. The van der Waals surface area contributed by atoms with Gasteiger partial charge in [-0.25, -0.2) is 0 Å². The molecule has 3 aromatic rings. The molecule has 34 heavy (non-hydrogen) atoms. The van der Waals surface area contributed by atoms with E-state index in [1.807, 2.05) is 13.0 Å². The van der Waals surface area contributed by atoms with Crippen LogP contribution < -0.4 is 10.6 Å². The van der Waals surface area contributed by atoms with Crippen molar-refractivity contribution < 1.29 is 4.79 Å². The second-order valence-electron chi connectivity index (χ2n) is 9.55. The van der Waals surface area contributed by atoms with Gasteiger partial charge in [-0.3, -0.25) is 9.69 Å². The van der Waals surface area contributed by atoms with Gasteiger partial charge in [0.2, 0.25) is 5.91 Å². The van der Waals surface area contributed by atoms with Gasteiger partial charge < -0.3 is 10.6 Å². The predicted octanol–water partition coefficient (Wildman–Crippen LogP) is 5.33. The van der Waals surface area contributed by atoms with Gasteiger partial charge in [0, 0.05) is 12.1 Å². The van der Waals surface area contributed by atoms with Gasteiger partial charge in [0.15, 0.2) is 0 Å². The quantitative estimate of drug-likeness (QED) is 0.409. The number of hydrogen-bond acceptors (Lipinski definition) is 6. The molecule has 2 aromatic carbocycles. The first-order valence-corrected chi connectivity index (χ1v) is 12.8. The van der Waals surface area contributed by atoms with Gasteiger partial charge in [0.05, 0.1) is 11.8 Å². The SMILES string of the molecule is Cc1nsc(N[C@@H](CC(C)C)C(=O)NCC#N)c1-c1ccc2cc(CN3CCCC3)ccc2c1. The molecule has 0 aliphatic carbocycles. The Labute approximate surface area is 206 Å². The molecule has 0 saturated carbocycles. The number of benzene rings is 2. The van der Waals surface area contributed by atoms with E-state index in [4.69, 9.17) is 5.26 Å². The first-order valence-electron chi connectivity index (χ1n) is 12.1. The number of aryl methyl sites for hydroxylation is 1. The summed E-state index contributed by atoms with van der Waals surface area (Å²) in [6.45, 7) is 9.61. The predicted molar refractivity (Wildman–Crippen MR) is 140 cm³/mol. The lowest BCUT2D eigenvalue weighted by Gasteiger charge is -2.20. The van der Waals surface area contributed by atoms with Crippen LogP contribution in [0.1, 0.15) is 44.4 Å². The summed E-state index contributed by atoms with van der Waals surface area (Å²) >= 11 is 1.38. The van der Waals surface area contributed by atoms with E-state index in [2.05, 4.69) is 70.2 Å². The van der Waals surface area contributed by atoms with Gasteiger partial charge in [0.25, 0.3) is 0 Å². The Bertz CT molecular complexity index is 1190. The average Bonchev–Trinajstić information content (AvgIpc) is 3.46. The molecule has 1 amide bonds. The summed E-state index contributed by atoms with van der Waals surface area (Å²) in [5.74, 6) is 0.175. The molecule has 1 atom stereocenters. The maximum Gasteiger partial charge on any atom is 0.243 e. The smallest absolute Gasteiger partial charge is 0.243 e. The third-order valence-electron chi connectivity index (χ3n) is 6.33. The second kappa shape index (κ2) is 11.0. The van der Waals surface area contributed by atoms with E-state index in [0.717, 1.165) is 28.4 Å². The van der Waals surface area contributed by atoms with Crippen LogP contribution in [0, 0.1) is 24.2 Å². The van der Waals surface area contributed by atoms with Crippen molar-refractivity contribution in [3.05, 3.63) is 47.7 Å². The maximum atomic E-state index is 12.7. The van der Waals surface area contributed by atoms with E-state index in [1.165, 1.54) is 53.8 Å². The molecule has 1 saturated heterocycles. The highest BCUT2D eigenvalue weighted by Crippen LogP contribution is 2.37. The molecule has 7 heteroatoms. The minimum absolute atomic E-state index is 0.00804. The fraction of sp³-hybridized carbons (Fsp3) is 0.444. The number of nitrogens with zero attached hydrogens (tertiary/aromatic N) is 3. The number of carbonyl (C=O) groups is 1. The zero-order chi connectivity index (χ0) is 24.1. The van der Waals surface area contributed by atoms with Crippen LogP contribution in [0.2, 0.25) is 0 Å². The normalized spacial score (nSPS) is 14.9. The molecule has 178 valence electrons. The van der Waals surface area contributed by atoms with Crippen LogP contribution in [0.3, 0.4) is 0 Å². The zero-order valence-corrected chi connectivity index (χ0v) is 21.0. The van der Waals surface area contributed by atoms with Crippen LogP contribution >= 0.6 is 11.5 Å². The van der Waals surface area contributed by atoms with Crippen LogP contribution in [0.5, 0.6) is 0 Å². The lowest BCUT2D eigenvalue weighted by atomic mass is 9.99. The number of aromatic nitrogens is 1. The molecule has 1 aliphatic heterocycles. The van der Waals surface area contributed by atoms with E-state index in [-0.39, 0.29) is 12.5 Å². The molecule has 0 radical (unpaired) electrons. The van der Waals surface area contributed by atoms with Crippen molar-refractivity contribution in [2.24, 2.45) is 5.92 Å². The maximum absolute atomic E-state index is 12.7. The van der Waals surface area contributed by atoms with Gasteiger partial charge in [-0.1, -0.05) is 38.1 Å². The first-order chi connectivity index (χ1) is 16.4. The summed E-state index contributed by atoms with van der Waals surface area (Å²) in [7, 11) is 0. The van der Waals surface area contributed by atoms with E-state index in [9.17, 15) is 4.79 Å². The minimum atomic E-state index is -0.416. The van der Waals surface area contributed by atoms with Crippen molar-refractivity contribution in [2.45, 2.75) is 52.6 Å². The molecule has 6 nitrogen and oxygen atoms in total. The Hall–Kier alpha value is -2.95. The number of hydrogen-bond donors (Lipinski definition) is 2. The highest BCUT2D eigenvalue weighted by Gasteiger charge is 2.23. The number of amides is 1. The summed E-state index contributed by atoms with van der Waals surface area (Å²) in [6, 6.07) is 14.9. The third kappa shape index (κ3) is 5.75. The van der Waals surface area contributed by atoms with Crippen LogP contribution in [-0.4, -0.2) is 40.9 Å². The molecule has 0 spiro atoms. The number of fused-ring (bicyclic) bond motifs is 1. The number of anilines is 1. The fourth-order valence-corrected chi connectivity index (χ4v) is 5.54. The molecule has 0 bridgehead atoms. The van der Waals surface area contributed by atoms with Crippen molar-refractivity contribution in [2.75, 3.05) is 25.0 Å². The monoisotopic (exact) mass is 475 g/mol. The molecule has 2 heterocycles. The first kappa shape index (κ1) is 24.2. The second-order valence-corrected chi connectivity index (χ2v) is 10.3. The third-order valence-corrected chi connectivity index (χ3v) is 7.20. The molecule has 1 aliphatic rings. The molecular formula is C27H33N5OS. The van der Waals surface area contributed by atoms with Gasteiger partial charge in [-0.05, 0) is 90.8 Å². The molecule has 0 unspecified atom stereocenters. The van der Waals surface area contributed by atoms with E-state index < -0.39 is 6.04 Å². The molecule has 4 rings (SSSR count). The van der Waals surface area contributed by atoms with Crippen LogP contribution in [-0.2, 0) is 11.3 Å². The summed E-state index contributed by atoms with van der Waals surface area (Å²) in [4.78, 5) is 15.2. The number of nitriles is 1. The van der Waals surface area contributed by atoms with Gasteiger partial charge in [-0.15, -0.1) is 0 Å². The number of rotatable bonds is 9. The Morgan fingerprint density at radius 1 is 1.18 bits per heavy atom. The minimum Gasteiger partial charge on any atom is -0.364 e. The average molecular weight is 476 g/mol. The number of likely N-dealkylation sites (tertiary alicyclic amines) is 1. The highest BCUT2D eigenvalue weighted by atomic mass is 32.1. The molecule has 1 aromatic heterocycles. The summed E-state index contributed by atoms with van der Waals surface area (Å²) in [6.07, 6.45) is 3.28. The molecular weight excluding hydrogens is 442 g/mol. The standard InChI is InChI=1S/C27H33N5OS/c1-18(2)14-24(26(33)29-11-10-28)30-27-25(19(3)31-34-27)23-9-8-21-15-20(6-7-22(21)16-23)17-32-12-4-5-13-32/h6-9,15-16,18,24,30H,4-5,11-14,17H2,1-3H3,(H,29,33)/t24-/m0/s1. The fourth-order valence-electron chi connectivity index (χ4n) is 4.67. The Balaban J connectivity index is 1.59. The lowest BCUT2D eigenvalue weighted by Crippen LogP contribution is -2.40. The van der Waals surface area contributed by atoms with Gasteiger partial charge in [0.1, 0.15) is 17.6 Å². The van der Waals surface area contributed by atoms with Gasteiger partial charge >= 0.3 is 0 Å². The molecule has 1 fully saturated rings. The molecule has 2 N–H and O–H groups in total. The number of nitrogens with one attached hydrogen (secondary N) is 2. The van der Waals surface area contributed by atoms with Crippen molar-refractivity contribution >= 4 is 33.2 Å². The van der Waals surface area contributed by atoms with Crippen LogP contribution in [0.15, 0.2) is 36.4 Å². The Kier molecular flexibility index (Phi) is 7.81. The van der Waals surface area contributed by atoms with Crippen molar-refractivity contribution in [1.82, 2.24) is 14.6 Å². The largest absolute Gasteiger partial charge is 0.364 e. The van der Waals surface area contributed by atoms with Crippen molar-refractivity contribution in [3.8, 4) is 17.2 Å². The number of carbonyl (C=O) groups excluding carboxylic acids is 1. The lowest BCUT2D eigenvalue weighted by molar-refractivity contribution is -0.121. The topological polar surface area (TPSA) is 81.0 Å². The van der Waals surface area contributed by atoms with Crippen molar-refractivity contribution in [3.63, 3.8) is 0 Å². The van der Waals surface area contributed by atoms with Crippen LogP contribution in [0.25, 0.3) is 21.9 Å². The van der Waals surface area contributed by atoms with E-state index >= 15 is 0 Å². The van der Waals surface area contributed by atoms with Crippen LogP contribution in [0.4, 0.5) is 5.00 Å². The van der Waals surface area contributed by atoms with Gasteiger partial charge in [-0.2, -0.15) is 9.64 Å².